The third-order valence-corrected chi connectivity index (χ3v) is 4.60. The Morgan fingerprint density at radius 3 is 2.54 bits per heavy atom. The molecule has 0 aliphatic carbocycles. The van der Waals surface area contributed by atoms with Crippen molar-refractivity contribution < 1.29 is 22.8 Å². The molecule has 3 rings (SSSR count). The predicted molar refractivity (Wildman–Crippen MR) is 87.5 cm³/mol. The smallest absolute Gasteiger partial charge is 0.344 e. The van der Waals surface area contributed by atoms with Crippen LogP contribution in [0.2, 0.25) is 5.15 Å². The van der Waals surface area contributed by atoms with Gasteiger partial charge in [0.1, 0.15) is 11.1 Å². The van der Waals surface area contributed by atoms with E-state index >= 15 is 0 Å². The first-order chi connectivity index (χ1) is 12.2. The first kappa shape index (κ1) is 18.2. The minimum atomic E-state index is -4.45. The number of aromatic amines is 1. The fourth-order valence-corrected chi connectivity index (χ4v) is 3.12. The van der Waals surface area contributed by atoms with Gasteiger partial charge >= 0.3 is 6.18 Å². The highest BCUT2D eigenvalue weighted by molar-refractivity contribution is 6.32. The SMILES string of the molecule is CN1C[C@@H](c2ccc(C(F)(F)F)cc2)[C@H](C(=O)Nc2cn[nH]c2Cl)C1=O. The normalized spacial score (nSPS) is 20.5. The average Bonchev–Trinajstić information content (AvgIpc) is 3.11. The molecular formula is C16H14ClF3N4O2. The highest BCUT2D eigenvalue weighted by Crippen LogP contribution is 2.36. The number of carbonyl (C=O) groups excluding carboxylic acids is 2. The standard InChI is InChI=1S/C16H14ClF3N4O2/c1-24-7-10(8-2-4-9(5-3-8)16(18,19)20)12(15(24)26)14(25)22-11-6-21-23-13(11)17/h2-6,10,12H,7H2,1H3,(H,21,23)(H,22,25)/t10-,12+/m0/s1. The lowest BCUT2D eigenvalue weighted by Gasteiger charge is -2.17. The fraction of sp³-hybridized carbons (Fsp3) is 0.312. The molecule has 2 aromatic rings. The Kier molecular flexibility index (Phi) is 4.66. The molecule has 1 aliphatic rings. The van der Waals surface area contributed by atoms with E-state index in [1.54, 1.807) is 0 Å². The minimum absolute atomic E-state index is 0.114. The van der Waals surface area contributed by atoms with E-state index in [4.69, 9.17) is 11.6 Å². The number of anilines is 1. The van der Waals surface area contributed by atoms with Crippen molar-refractivity contribution in [3.63, 3.8) is 0 Å². The molecule has 26 heavy (non-hydrogen) atoms. The molecule has 1 saturated heterocycles. The van der Waals surface area contributed by atoms with Crippen LogP contribution in [0.25, 0.3) is 0 Å². The van der Waals surface area contributed by atoms with E-state index < -0.39 is 35.4 Å². The van der Waals surface area contributed by atoms with Gasteiger partial charge in [0.15, 0.2) is 0 Å². The van der Waals surface area contributed by atoms with Crippen molar-refractivity contribution >= 4 is 29.1 Å². The number of amides is 2. The van der Waals surface area contributed by atoms with Crippen LogP contribution in [-0.2, 0) is 15.8 Å². The summed E-state index contributed by atoms with van der Waals surface area (Å²) < 4.78 is 38.2. The molecule has 10 heteroatoms. The van der Waals surface area contributed by atoms with Gasteiger partial charge in [-0.15, -0.1) is 0 Å². The molecule has 2 heterocycles. The van der Waals surface area contributed by atoms with Gasteiger partial charge in [0, 0.05) is 19.5 Å². The van der Waals surface area contributed by atoms with Crippen LogP contribution in [0, 0.1) is 5.92 Å². The number of nitrogens with zero attached hydrogens (tertiary/aromatic N) is 2. The van der Waals surface area contributed by atoms with Crippen LogP contribution in [0.3, 0.4) is 0 Å². The number of H-pyrrole nitrogens is 1. The Balaban J connectivity index is 1.86. The predicted octanol–water partition coefficient (Wildman–Crippen LogP) is 2.89. The number of rotatable bonds is 3. The van der Waals surface area contributed by atoms with Crippen molar-refractivity contribution in [3.05, 3.63) is 46.7 Å². The summed E-state index contributed by atoms with van der Waals surface area (Å²) in [6.07, 6.45) is -3.15. The van der Waals surface area contributed by atoms with E-state index in [9.17, 15) is 22.8 Å². The van der Waals surface area contributed by atoms with Crippen molar-refractivity contribution in [3.8, 4) is 0 Å². The zero-order chi connectivity index (χ0) is 19.1. The number of likely N-dealkylation sites (N-methyl/N-ethyl adjacent to an activating group) is 1. The second kappa shape index (κ2) is 6.64. The molecule has 2 amide bonds. The highest BCUT2D eigenvalue weighted by atomic mass is 35.5. The molecule has 0 bridgehead atoms. The monoisotopic (exact) mass is 386 g/mol. The number of hydrogen-bond acceptors (Lipinski definition) is 3. The molecule has 1 aromatic carbocycles. The first-order valence-electron chi connectivity index (χ1n) is 7.60. The molecule has 1 aromatic heterocycles. The lowest BCUT2D eigenvalue weighted by atomic mass is 9.87. The number of likely N-dealkylation sites (tertiary alicyclic amines) is 1. The highest BCUT2D eigenvalue weighted by Gasteiger charge is 2.44. The van der Waals surface area contributed by atoms with Gasteiger partial charge in [-0.25, -0.2) is 0 Å². The topological polar surface area (TPSA) is 78.1 Å². The second-order valence-corrected chi connectivity index (χ2v) is 6.39. The number of halogens is 4. The zero-order valence-corrected chi connectivity index (χ0v) is 14.2. The van der Waals surface area contributed by atoms with Crippen LogP contribution >= 0.6 is 11.6 Å². The van der Waals surface area contributed by atoms with Gasteiger partial charge in [-0.05, 0) is 17.7 Å². The van der Waals surface area contributed by atoms with Crippen LogP contribution in [0.15, 0.2) is 30.5 Å². The maximum atomic E-state index is 12.7. The first-order valence-corrected chi connectivity index (χ1v) is 7.98. The van der Waals surface area contributed by atoms with E-state index in [0.29, 0.717) is 5.56 Å². The van der Waals surface area contributed by atoms with Crippen molar-refractivity contribution in [1.29, 1.82) is 0 Å². The molecular weight excluding hydrogens is 373 g/mol. The molecule has 0 saturated carbocycles. The van der Waals surface area contributed by atoms with Gasteiger partial charge in [0.05, 0.1) is 17.4 Å². The van der Waals surface area contributed by atoms with E-state index in [1.165, 1.54) is 30.3 Å². The van der Waals surface area contributed by atoms with Crippen molar-refractivity contribution in [2.24, 2.45) is 5.92 Å². The molecule has 2 N–H and O–H groups in total. The number of aromatic nitrogens is 2. The van der Waals surface area contributed by atoms with E-state index in [-0.39, 0.29) is 17.4 Å². The molecule has 1 fully saturated rings. The molecule has 0 unspecified atom stereocenters. The summed E-state index contributed by atoms with van der Waals surface area (Å²) in [6.45, 7) is 0.224. The molecule has 2 atom stereocenters. The number of carbonyl (C=O) groups is 2. The largest absolute Gasteiger partial charge is 0.416 e. The summed E-state index contributed by atoms with van der Waals surface area (Å²) in [5.41, 5.74) is -0.0792. The molecule has 1 aliphatic heterocycles. The van der Waals surface area contributed by atoms with Gasteiger partial charge in [-0.3, -0.25) is 14.7 Å². The number of hydrogen-bond donors (Lipinski definition) is 2. The quantitative estimate of drug-likeness (QED) is 0.796. The zero-order valence-electron chi connectivity index (χ0n) is 13.5. The van der Waals surface area contributed by atoms with Crippen molar-refractivity contribution in [2.75, 3.05) is 18.9 Å². The number of nitrogens with one attached hydrogen (secondary N) is 2. The van der Waals surface area contributed by atoms with E-state index in [0.717, 1.165) is 12.1 Å². The van der Waals surface area contributed by atoms with Crippen molar-refractivity contribution in [2.45, 2.75) is 12.1 Å². The van der Waals surface area contributed by atoms with Gasteiger partial charge < -0.3 is 10.2 Å². The summed E-state index contributed by atoms with van der Waals surface area (Å²) in [5, 5.41) is 8.76. The third-order valence-electron chi connectivity index (χ3n) is 4.31. The molecule has 0 spiro atoms. The Hall–Kier alpha value is -2.55. The summed E-state index contributed by atoms with van der Waals surface area (Å²) >= 11 is 5.83. The Morgan fingerprint density at radius 1 is 1.35 bits per heavy atom. The third kappa shape index (κ3) is 3.39. The molecule has 6 nitrogen and oxygen atoms in total. The van der Waals surface area contributed by atoms with Crippen LogP contribution < -0.4 is 5.32 Å². The summed E-state index contributed by atoms with van der Waals surface area (Å²) in [7, 11) is 1.54. The van der Waals surface area contributed by atoms with Gasteiger partial charge in [-0.1, -0.05) is 23.7 Å². The van der Waals surface area contributed by atoms with Crippen LogP contribution in [0.4, 0.5) is 18.9 Å². The minimum Gasteiger partial charge on any atom is -0.344 e. The van der Waals surface area contributed by atoms with Crippen LogP contribution in [-0.4, -0.2) is 40.5 Å². The molecule has 0 radical (unpaired) electrons. The van der Waals surface area contributed by atoms with Gasteiger partial charge in [-0.2, -0.15) is 18.3 Å². The summed E-state index contributed by atoms with van der Waals surface area (Å²) in [5.74, 6) is -2.64. The average molecular weight is 387 g/mol. The fourth-order valence-electron chi connectivity index (χ4n) is 2.98. The lowest BCUT2D eigenvalue weighted by molar-refractivity contribution is -0.138. The summed E-state index contributed by atoms with van der Waals surface area (Å²) in [6, 6.07) is 4.48. The maximum absolute atomic E-state index is 12.7. The van der Waals surface area contributed by atoms with E-state index in [1.807, 2.05) is 0 Å². The van der Waals surface area contributed by atoms with Crippen LogP contribution in [0.1, 0.15) is 17.0 Å². The number of benzene rings is 1. The lowest BCUT2D eigenvalue weighted by Crippen LogP contribution is -2.32. The maximum Gasteiger partial charge on any atom is 0.416 e. The van der Waals surface area contributed by atoms with Gasteiger partial charge in [0.25, 0.3) is 0 Å². The van der Waals surface area contributed by atoms with Gasteiger partial charge in [0.2, 0.25) is 11.8 Å². The van der Waals surface area contributed by atoms with Crippen LogP contribution in [0.5, 0.6) is 0 Å². The Morgan fingerprint density at radius 2 is 2.00 bits per heavy atom. The Bertz CT molecular complexity index is 835. The van der Waals surface area contributed by atoms with Crippen molar-refractivity contribution in [1.82, 2.24) is 15.1 Å². The van der Waals surface area contributed by atoms with E-state index in [2.05, 4.69) is 15.5 Å². The number of alkyl halides is 3. The summed E-state index contributed by atoms with van der Waals surface area (Å²) in [4.78, 5) is 26.4. The Labute approximate surface area is 151 Å². The molecule has 138 valence electrons. The second-order valence-electron chi connectivity index (χ2n) is 6.01.